The van der Waals surface area contributed by atoms with E-state index in [9.17, 15) is 0 Å². The monoisotopic (exact) mass is 361 g/mol. The summed E-state index contributed by atoms with van der Waals surface area (Å²) in [6.07, 6.45) is 5.85. The molecule has 3 aromatic carbocycles. The van der Waals surface area contributed by atoms with Gasteiger partial charge in [-0.2, -0.15) is 0 Å². The van der Waals surface area contributed by atoms with Gasteiger partial charge in [0.05, 0.1) is 0 Å². The zero-order valence-corrected chi connectivity index (χ0v) is 15.6. The molecule has 134 valence electrons. The van der Waals surface area contributed by atoms with Gasteiger partial charge in [-0.05, 0) is 35.4 Å². The first-order chi connectivity index (χ1) is 13.8. The molecule has 2 heterocycles. The van der Waals surface area contributed by atoms with Crippen molar-refractivity contribution in [2.45, 2.75) is 0 Å². The predicted molar refractivity (Wildman–Crippen MR) is 118 cm³/mol. The summed E-state index contributed by atoms with van der Waals surface area (Å²) in [6.45, 7) is 6.11. The molecule has 0 N–H and O–H groups in total. The molecule has 1 aliphatic heterocycles. The van der Waals surface area contributed by atoms with Crippen LogP contribution in [0.4, 0.5) is 0 Å². The van der Waals surface area contributed by atoms with Crippen LogP contribution in [0.3, 0.4) is 0 Å². The second-order valence-electron chi connectivity index (χ2n) is 7.21. The third-order valence-corrected chi connectivity index (χ3v) is 5.75. The smallest absolute Gasteiger partial charge is 0.513 e. The van der Waals surface area contributed by atoms with Crippen molar-refractivity contribution in [1.29, 1.82) is 0 Å². The summed E-state index contributed by atoms with van der Waals surface area (Å²) in [5, 5.41) is 1.18. The average molecular weight is 361 g/mol. The fraction of sp³-hybridized carbons (Fsp3) is 0. The van der Waals surface area contributed by atoms with Gasteiger partial charge in [-0.3, -0.25) is 0 Å². The third-order valence-electron chi connectivity index (χ3n) is 5.75. The van der Waals surface area contributed by atoms with Gasteiger partial charge in [0.25, 0.3) is 0 Å². The van der Waals surface area contributed by atoms with Crippen molar-refractivity contribution in [3.63, 3.8) is 0 Å². The lowest BCUT2D eigenvalue weighted by molar-refractivity contribution is -0.515. The molecule has 0 saturated heterocycles. The molecule has 0 radical (unpaired) electrons. The first-order valence-corrected chi connectivity index (χ1v) is 9.49. The van der Waals surface area contributed by atoms with Crippen LogP contribution in [0.25, 0.3) is 23.1 Å². The van der Waals surface area contributed by atoms with Crippen molar-refractivity contribution < 1.29 is 9.13 Å². The lowest BCUT2D eigenvalue weighted by Gasteiger charge is -2.31. The molecular formula is C25H20BNO. The normalized spacial score (nSPS) is 13.9. The Bertz CT molecular complexity index is 1150. The van der Waals surface area contributed by atoms with Gasteiger partial charge in [-0.25, -0.2) is 0 Å². The zero-order chi connectivity index (χ0) is 19.1. The second kappa shape index (κ2) is 6.24. The summed E-state index contributed by atoms with van der Waals surface area (Å²) >= 11 is 0. The molecule has 0 aliphatic carbocycles. The highest BCUT2D eigenvalue weighted by atomic mass is 16.5. The van der Waals surface area contributed by atoms with Crippen molar-refractivity contribution >= 4 is 40.5 Å². The number of pyridine rings is 1. The fourth-order valence-electron chi connectivity index (χ4n) is 4.34. The van der Waals surface area contributed by atoms with E-state index >= 15 is 0 Å². The van der Waals surface area contributed by atoms with E-state index in [1.54, 1.807) is 0 Å². The van der Waals surface area contributed by atoms with Crippen molar-refractivity contribution in [1.82, 2.24) is 0 Å². The third kappa shape index (κ3) is 2.26. The lowest BCUT2D eigenvalue weighted by Crippen LogP contribution is -2.80. The zero-order valence-electron chi connectivity index (χ0n) is 15.6. The van der Waals surface area contributed by atoms with E-state index in [4.69, 9.17) is 4.65 Å². The maximum absolute atomic E-state index is 6.80. The number of benzene rings is 3. The van der Waals surface area contributed by atoms with Gasteiger partial charge in [0.2, 0.25) is 5.52 Å². The molecule has 3 heteroatoms. The standard InChI is InChI=1S/C25H20BNO/c1-3-19-10-14-22(15-11-19)26(23-16-12-20(4-2)13-17-23)27-18-6-8-21-7-5-9-24(28-26)25(21)27/h3-18H,1-2H2. The SMILES string of the molecule is C=Cc1ccc([B-]2(c3ccc(C=C)cc3)Oc3cccc4ccc[n+]2c34)cc1. The van der Waals surface area contributed by atoms with Crippen molar-refractivity contribution in [3.05, 3.63) is 109 Å². The Morgan fingerprint density at radius 1 is 0.714 bits per heavy atom. The summed E-state index contributed by atoms with van der Waals surface area (Å²) in [5.41, 5.74) is 5.58. The quantitative estimate of drug-likeness (QED) is 0.503. The molecule has 0 amide bonds. The summed E-state index contributed by atoms with van der Waals surface area (Å²) < 4.78 is 9.11. The molecule has 5 rings (SSSR count). The molecule has 1 aliphatic rings. The van der Waals surface area contributed by atoms with Crippen LogP contribution in [0.2, 0.25) is 0 Å². The molecule has 0 atom stereocenters. The molecule has 0 unspecified atom stereocenters. The molecule has 0 fully saturated rings. The summed E-state index contributed by atoms with van der Waals surface area (Å²) in [5.74, 6) is 0.915. The highest BCUT2D eigenvalue weighted by molar-refractivity contribution is 6.92. The van der Waals surface area contributed by atoms with Crippen molar-refractivity contribution in [3.8, 4) is 5.75 Å². The van der Waals surface area contributed by atoms with Crippen LogP contribution < -0.4 is 20.1 Å². The Morgan fingerprint density at radius 3 is 1.86 bits per heavy atom. The maximum atomic E-state index is 6.80. The molecule has 4 aromatic rings. The summed E-state index contributed by atoms with van der Waals surface area (Å²) in [7, 11) is 0. The van der Waals surface area contributed by atoms with Crippen LogP contribution >= 0.6 is 0 Å². The minimum atomic E-state index is -1.64. The minimum absolute atomic E-state index is 0.915. The highest BCUT2D eigenvalue weighted by Gasteiger charge is 2.50. The molecule has 1 aromatic heterocycles. The predicted octanol–water partition coefficient (Wildman–Crippen LogP) is 3.91. The number of hydrogen-bond donors (Lipinski definition) is 0. The number of aromatic nitrogens is 1. The van der Waals surface area contributed by atoms with Gasteiger partial charge in [0.1, 0.15) is 11.9 Å². The lowest BCUT2D eigenvalue weighted by atomic mass is 9.41. The van der Waals surface area contributed by atoms with Crippen LogP contribution in [-0.2, 0) is 0 Å². The van der Waals surface area contributed by atoms with E-state index in [0.29, 0.717) is 0 Å². The molecule has 28 heavy (non-hydrogen) atoms. The van der Waals surface area contributed by atoms with Gasteiger partial charge in [0.15, 0.2) is 0 Å². The Balaban J connectivity index is 1.83. The van der Waals surface area contributed by atoms with Gasteiger partial charge in [-0.15, -0.1) is 0 Å². The van der Waals surface area contributed by atoms with Crippen LogP contribution in [0.5, 0.6) is 5.75 Å². The van der Waals surface area contributed by atoms with Crippen LogP contribution in [-0.4, -0.2) is 6.48 Å². The largest absolute Gasteiger partial charge is 0.647 e. The van der Waals surface area contributed by atoms with Gasteiger partial charge >= 0.3 is 6.48 Å². The first-order valence-electron chi connectivity index (χ1n) is 9.49. The van der Waals surface area contributed by atoms with Gasteiger partial charge < -0.3 is 9.13 Å². The van der Waals surface area contributed by atoms with E-state index in [1.807, 2.05) is 12.2 Å². The van der Waals surface area contributed by atoms with Gasteiger partial charge in [0, 0.05) is 5.39 Å². The maximum Gasteiger partial charge on any atom is 0.513 e. The Labute approximate surface area is 165 Å². The van der Waals surface area contributed by atoms with E-state index in [-0.39, 0.29) is 0 Å². The second-order valence-corrected chi connectivity index (χ2v) is 7.21. The number of rotatable bonds is 4. The summed E-state index contributed by atoms with van der Waals surface area (Å²) in [6, 6.07) is 27.4. The Hall–Kier alpha value is -3.59. The number of nitrogens with zero attached hydrogens (tertiary/aromatic N) is 1. The molecule has 0 saturated carbocycles. The van der Waals surface area contributed by atoms with E-state index in [1.165, 1.54) is 5.39 Å². The highest BCUT2D eigenvalue weighted by Crippen LogP contribution is 2.30. The van der Waals surface area contributed by atoms with E-state index < -0.39 is 6.48 Å². The minimum Gasteiger partial charge on any atom is -0.647 e. The van der Waals surface area contributed by atoms with E-state index in [2.05, 4.69) is 103 Å². The Morgan fingerprint density at radius 2 is 1.29 bits per heavy atom. The van der Waals surface area contributed by atoms with Crippen LogP contribution in [0, 0.1) is 0 Å². The van der Waals surface area contributed by atoms with Crippen molar-refractivity contribution in [2.24, 2.45) is 0 Å². The molecule has 0 spiro atoms. The molecular weight excluding hydrogens is 341 g/mol. The topological polar surface area (TPSA) is 13.1 Å². The van der Waals surface area contributed by atoms with Crippen LogP contribution in [0.15, 0.2) is 98.2 Å². The first kappa shape index (κ1) is 16.6. The average Bonchev–Trinajstić information content (AvgIpc) is 3.11. The number of hydrogen-bond acceptors (Lipinski definition) is 1. The number of para-hydroxylation sites is 1. The fourth-order valence-corrected chi connectivity index (χ4v) is 4.34. The Kier molecular flexibility index (Phi) is 3.70. The van der Waals surface area contributed by atoms with E-state index in [0.717, 1.165) is 33.3 Å². The van der Waals surface area contributed by atoms with Gasteiger partial charge in [-0.1, -0.05) is 90.8 Å². The summed E-state index contributed by atoms with van der Waals surface area (Å²) in [4.78, 5) is 0. The molecule has 0 bridgehead atoms. The molecule has 2 nitrogen and oxygen atoms in total. The van der Waals surface area contributed by atoms with Crippen LogP contribution in [0.1, 0.15) is 11.1 Å². The van der Waals surface area contributed by atoms with Crippen molar-refractivity contribution in [2.75, 3.05) is 0 Å².